The van der Waals surface area contributed by atoms with Gasteiger partial charge in [-0.1, -0.05) is 0 Å². The highest BCUT2D eigenvalue weighted by molar-refractivity contribution is 5.80. The van der Waals surface area contributed by atoms with Gasteiger partial charge in [0.2, 0.25) is 0 Å². The molecule has 3 fully saturated rings. The zero-order chi connectivity index (χ0) is 6.93. The largest absolute Gasteiger partial charge is 0.481 e. The molecule has 54 valence electrons. The maximum absolute atomic E-state index is 10.8. The fourth-order valence-electron chi connectivity index (χ4n) is 3.53. The molecule has 0 aromatic heterocycles. The zero-order valence-corrected chi connectivity index (χ0v) is 5.71. The molecule has 0 aliphatic heterocycles. The van der Waals surface area contributed by atoms with E-state index in [0.29, 0.717) is 17.8 Å². The Morgan fingerprint density at radius 3 is 1.70 bits per heavy atom. The van der Waals surface area contributed by atoms with Crippen LogP contribution in [0, 0.1) is 23.2 Å². The van der Waals surface area contributed by atoms with Crippen LogP contribution in [0.2, 0.25) is 0 Å². The van der Waals surface area contributed by atoms with Crippen molar-refractivity contribution in [3.8, 4) is 0 Å². The van der Waals surface area contributed by atoms with Crippen molar-refractivity contribution in [1.82, 2.24) is 0 Å². The normalized spacial score (nSPS) is 61.0. The van der Waals surface area contributed by atoms with Crippen LogP contribution in [0.15, 0.2) is 0 Å². The molecule has 0 bridgehead atoms. The predicted octanol–water partition coefficient (Wildman–Crippen LogP) is 1.12. The maximum atomic E-state index is 10.8. The van der Waals surface area contributed by atoms with E-state index in [1.807, 2.05) is 0 Å². The Kier molecular flexibility index (Phi) is 0.582. The first-order valence-corrected chi connectivity index (χ1v) is 3.99. The summed E-state index contributed by atoms with van der Waals surface area (Å²) in [7, 11) is 0. The summed E-state index contributed by atoms with van der Waals surface area (Å²) >= 11 is 0. The Bertz CT molecular complexity index is 189. The van der Waals surface area contributed by atoms with Crippen LogP contribution in [0.3, 0.4) is 0 Å². The van der Waals surface area contributed by atoms with E-state index in [4.69, 9.17) is 5.11 Å². The highest BCUT2D eigenvalue weighted by atomic mass is 16.4. The van der Waals surface area contributed by atoms with Gasteiger partial charge in [-0.25, -0.2) is 0 Å². The lowest BCUT2D eigenvalue weighted by atomic mass is 9.27. The fourth-order valence-corrected chi connectivity index (χ4v) is 3.53. The molecule has 0 spiro atoms. The highest BCUT2D eigenvalue weighted by Crippen LogP contribution is 2.78. The van der Waals surface area contributed by atoms with Crippen molar-refractivity contribution in [3.63, 3.8) is 0 Å². The van der Waals surface area contributed by atoms with E-state index >= 15 is 0 Å². The summed E-state index contributed by atoms with van der Waals surface area (Å²) in [6.45, 7) is 0. The first kappa shape index (κ1) is 5.16. The molecule has 0 aromatic rings. The molecule has 0 heterocycles. The Morgan fingerprint density at radius 1 is 1.20 bits per heavy atom. The zero-order valence-electron chi connectivity index (χ0n) is 5.71. The molecule has 0 atom stereocenters. The molecule has 3 aliphatic rings. The Balaban J connectivity index is 2.01. The van der Waals surface area contributed by atoms with Gasteiger partial charge in [0.15, 0.2) is 0 Å². The average molecular weight is 138 g/mol. The predicted molar refractivity (Wildman–Crippen MR) is 34.4 cm³/mol. The van der Waals surface area contributed by atoms with Crippen LogP contribution in [0.1, 0.15) is 19.3 Å². The maximum Gasteiger partial charge on any atom is 0.310 e. The number of hydrogen-bond acceptors (Lipinski definition) is 1. The lowest BCUT2D eigenvalue weighted by molar-refractivity contribution is -0.283. The van der Waals surface area contributed by atoms with Crippen LogP contribution in [-0.4, -0.2) is 11.1 Å². The Labute approximate surface area is 59.2 Å². The summed E-state index contributed by atoms with van der Waals surface area (Å²) in [6.07, 6.45) is 3.63. The Morgan fingerprint density at radius 2 is 1.60 bits per heavy atom. The summed E-state index contributed by atoms with van der Waals surface area (Å²) in [4.78, 5) is 10.8. The van der Waals surface area contributed by atoms with Gasteiger partial charge in [-0.05, 0) is 37.0 Å². The van der Waals surface area contributed by atoms with E-state index in [1.165, 1.54) is 19.3 Å². The van der Waals surface area contributed by atoms with Gasteiger partial charge in [-0.2, -0.15) is 0 Å². The van der Waals surface area contributed by atoms with Crippen LogP contribution in [0.5, 0.6) is 0 Å². The van der Waals surface area contributed by atoms with Gasteiger partial charge >= 0.3 is 5.97 Å². The third-order valence-electron chi connectivity index (χ3n) is 4.10. The van der Waals surface area contributed by atoms with Gasteiger partial charge in [-0.3, -0.25) is 4.79 Å². The van der Waals surface area contributed by atoms with E-state index < -0.39 is 5.97 Å². The highest BCUT2D eigenvalue weighted by Gasteiger charge is 2.77. The molecule has 0 amide bonds. The van der Waals surface area contributed by atoms with Gasteiger partial charge in [0.25, 0.3) is 0 Å². The van der Waals surface area contributed by atoms with Gasteiger partial charge < -0.3 is 5.11 Å². The van der Waals surface area contributed by atoms with E-state index in [-0.39, 0.29) is 5.41 Å². The third kappa shape index (κ3) is 0.249. The van der Waals surface area contributed by atoms with Crippen molar-refractivity contribution < 1.29 is 9.90 Å². The van der Waals surface area contributed by atoms with Crippen molar-refractivity contribution in [3.05, 3.63) is 0 Å². The van der Waals surface area contributed by atoms with Crippen molar-refractivity contribution >= 4 is 5.97 Å². The van der Waals surface area contributed by atoms with E-state index in [1.54, 1.807) is 0 Å². The molecule has 3 rings (SSSR count). The first-order chi connectivity index (χ1) is 4.76. The van der Waals surface area contributed by atoms with Crippen molar-refractivity contribution in [2.24, 2.45) is 23.2 Å². The first-order valence-electron chi connectivity index (χ1n) is 3.99. The molecule has 10 heavy (non-hydrogen) atoms. The van der Waals surface area contributed by atoms with Crippen molar-refractivity contribution in [2.45, 2.75) is 19.3 Å². The third-order valence-corrected chi connectivity index (χ3v) is 4.10. The van der Waals surface area contributed by atoms with Crippen molar-refractivity contribution in [2.75, 3.05) is 0 Å². The molecule has 2 nitrogen and oxygen atoms in total. The minimum absolute atomic E-state index is 0.167. The minimum atomic E-state index is -0.503. The van der Waals surface area contributed by atoms with Gasteiger partial charge in [0, 0.05) is 0 Å². The molecule has 0 unspecified atom stereocenters. The average Bonchev–Trinajstić information content (AvgIpc) is 1.87. The molecule has 0 radical (unpaired) electrons. The van der Waals surface area contributed by atoms with Crippen LogP contribution < -0.4 is 0 Å². The second kappa shape index (κ2) is 1.13. The summed E-state index contributed by atoms with van der Waals surface area (Å²) in [5.74, 6) is 1.23. The summed E-state index contributed by atoms with van der Waals surface area (Å²) in [5, 5.41) is 8.91. The summed E-state index contributed by atoms with van der Waals surface area (Å²) in [5.41, 5.74) is -0.167. The standard InChI is InChI=1S/C8H10O2/c9-7(10)8-4-1-5(8)3-6(8)2-4/h4-6H,1-3H2,(H,9,10). The van der Waals surface area contributed by atoms with Crippen LogP contribution >= 0.6 is 0 Å². The molecule has 3 aliphatic carbocycles. The van der Waals surface area contributed by atoms with E-state index in [0.717, 1.165) is 0 Å². The molecule has 0 saturated heterocycles. The van der Waals surface area contributed by atoms with Gasteiger partial charge in [0.05, 0.1) is 5.41 Å². The quantitative estimate of drug-likeness (QED) is 0.589. The second-order valence-electron chi connectivity index (χ2n) is 4.04. The number of carboxylic acids is 1. The molecular weight excluding hydrogens is 128 g/mol. The number of hydrogen-bond donors (Lipinski definition) is 1. The SMILES string of the molecule is O=C(O)C12C3CC1CC2C3. The van der Waals surface area contributed by atoms with Gasteiger partial charge in [0.1, 0.15) is 0 Å². The van der Waals surface area contributed by atoms with Crippen LogP contribution in [0.25, 0.3) is 0 Å². The lowest BCUT2D eigenvalue weighted by Crippen LogP contribution is -2.74. The lowest BCUT2D eigenvalue weighted by Gasteiger charge is -2.75. The molecular formula is C8H10O2. The molecule has 2 heteroatoms. The minimum Gasteiger partial charge on any atom is -0.481 e. The number of rotatable bonds is 1. The van der Waals surface area contributed by atoms with Gasteiger partial charge in [-0.15, -0.1) is 0 Å². The van der Waals surface area contributed by atoms with E-state index in [9.17, 15) is 4.79 Å². The van der Waals surface area contributed by atoms with Crippen molar-refractivity contribution in [1.29, 1.82) is 0 Å². The van der Waals surface area contributed by atoms with Crippen LogP contribution in [0.4, 0.5) is 0 Å². The number of carbonyl (C=O) groups is 1. The number of aliphatic carboxylic acids is 1. The monoisotopic (exact) mass is 138 g/mol. The summed E-state index contributed by atoms with van der Waals surface area (Å²) in [6, 6.07) is 0. The molecule has 0 aromatic carbocycles. The second-order valence-corrected chi connectivity index (χ2v) is 4.04. The van der Waals surface area contributed by atoms with Crippen LogP contribution in [-0.2, 0) is 4.79 Å². The fraction of sp³-hybridized carbons (Fsp3) is 0.875. The summed E-state index contributed by atoms with van der Waals surface area (Å²) < 4.78 is 0. The number of carboxylic acid groups (broad SMARTS) is 1. The smallest absolute Gasteiger partial charge is 0.310 e. The molecule has 1 N–H and O–H groups in total. The Hall–Kier alpha value is -0.530. The van der Waals surface area contributed by atoms with E-state index in [2.05, 4.69) is 0 Å². The topological polar surface area (TPSA) is 37.3 Å². The molecule has 3 saturated carbocycles.